The van der Waals surface area contributed by atoms with Gasteiger partial charge in [0.25, 0.3) is 0 Å². The van der Waals surface area contributed by atoms with Crippen molar-refractivity contribution in [2.75, 3.05) is 23.4 Å². The number of hydrogen-bond acceptors (Lipinski definition) is 3. The molecule has 1 fully saturated rings. The average molecular weight is 326 g/mol. The van der Waals surface area contributed by atoms with Crippen molar-refractivity contribution in [3.05, 3.63) is 29.8 Å². The predicted octanol–water partition coefficient (Wildman–Crippen LogP) is 2.45. The minimum Gasteiger partial charge on any atom is -0.345 e. The Morgan fingerprint density at radius 2 is 2.00 bits per heavy atom. The molecule has 1 aromatic carbocycles. The zero-order valence-corrected chi connectivity index (χ0v) is 14.1. The van der Waals surface area contributed by atoms with Crippen LogP contribution in [0.1, 0.15) is 25.8 Å². The van der Waals surface area contributed by atoms with Gasteiger partial charge in [-0.1, -0.05) is 19.1 Å². The Balaban J connectivity index is 2.03. The first-order valence-electron chi connectivity index (χ1n) is 7.32. The van der Waals surface area contributed by atoms with Crippen molar-refractivity contribution in [1.82, 2.24) is 4.90 Å². The van der Waals surface area contributed by atoms with Crippen LogP contribution in [0.4, 0.5) is 5.69 Å². The smallest absolute Gasteiger partial charge is 0.173 e. The molecule has 1 aliphatic heterocycles. The van der Waals surface area contributed by atoms with E-state index in [0.29, 0.717) is 18.1 Å². The van der Waals surface area contributed by atoms with Crippen molar-refractivity contribution >= 4 is 32.9 Å². The number of sulfone groups is 1. The maximum Gasteiger partial charge on any atom is 0.173 e. The summed E-state index contributed by atoms with van der Waals surface area (Å²) < 4.78 is 23.2. The number of nitrogens with one attached hydrogen (secondary N) is 1. The van der Waals surface area contributed by atoms with Crippen LogP contribution < -0.4 is 5.32 Å². The third-order valence-electron chi connectivity index (χ3n) is 3.86. The molecule has 6 heteroatoms. The van der Waals surface area contributed by atoms with Crippen LogP contribution in [0.3, 0.4) is 0 Å². The summed E-state index contributed by atoms with van der Waals surface area (Å²) in [7, 11) is -2.90. The quantitative estimate of drug-likeness (QED) is 0.861. The van der Waals surface area contributed by atoms with E-state index >= 15 is 0 Å². The lowest BCUT2D eigenvalue weighted by Gasteiger charge is -2.29. The van der Waals surface area contributed by atoms with Gasteiger partial charge >= 0.3 is 0 Å². The second kappa shape index (κ2) is 6.75. The molecule has 4 nitrogen and oxygen atoms in total. The van der Waals surface area contributed by atoms with Crippen LogP contribution in [-0.2, 0) is 16.3 Å². The fourth-order valence-corrected chi connectivity index (χ4v) is 4.73. The Labute approximate surface area is 132 Å². The van der Waals surface area contributed by atoms with E-state index < -0.39 is 9.84 Å². The molecular weight excluding hydrogens is 304 g/mol. The first-order valence-corrected chi connectivity index (χ1v) is 9.55. The molecule has 1 saturated heterocycles. The van der Waals surface area contributed by atoms with Gasteiger partial charge in [0.05, 0.1) is 11.5 Å². The van der Waals surface area contributed by atoms with Crippen LogP contribution in [0.5, 0.6) is 0 Å². The van der Waals surface area contributed by atoms with Crippen molar-refractivity contribution in [2.45, 2.75) is 32.7 Å². The summed E-state index contributed by atoms with van der Waals surface area (Å²) in [6.07, 6.45) is 1.67. The SMILES string of the molecule is CCc1ccc(NC(=S)N(CC)[C@@H]2CCS(=O)(=O)C2)cc1. The fraction of sp³-hybridized carbons (Fsp3) is 0.533. The lowest BCUT2D eigenvalue weighted by atomic mass is 10.1. The van der Waals surface area contributed by atoms with Crippen molar-refractivity contribution in [3.8, 4) is 0 Å². The number of rotatable bonds is 4. The minimum atomic E-state index is -2.90. The Bertz CT molecular complexity index is 597. The highest BCUT2D eigenvalue weighted by Crippen LogP contribution is 2.19. The number of thiocarbonyl (C=S) groups is 1. The maximum atomic E-state index is 11.6. The summed E-state index contributed by atoms with van der Waals surface area (Å²) >= 11 is 5.45. The first-order chi connectivity index (χ1) is 9.95. The molecule has 1 aliphatic rings. The van der Waals surface area contributed by atoms with Crippen LogP contribution in [0, 0.1) is 0 Å². The van der Waals surface area contributed by atoms with E-state index in [9.17, 15) is 8.42 Å². The zero-order valence-electron chi connectivity index (χ0n) is 12.5. The van der Waals surface area contributed by atoms with Gasteiger partial charge in [-0.25, -0.2) is 8.42 Å². The highest BCUT2D eigenvalue weighted by Gasteiger charge is 2.32. The van der Waals surface area contributed by atoms with Gasteiger partial charge < -0.3 is 10.2 Å². The molecule has 1 N–H and O–H groups in total. The third-order valence-corrected chi connectivity index (χ3v) is 5.95. The second-order valence-corrected chi connectivity index (χ2v) is 7.94. The molecular formula is C15H22N2O2S2. The van der Waals surface area contributed by atoms with E-state index in [0.717, 1.165) is 12.1 Å². The normalized spacial score (nSPS) is 20.2. The highest BCUT2D eigenvalue weighted by atomic mass is 32.2. The summed E-state index contributed by atoms with van der Waals surface area (Å²) in [6, 6.07) is 8.15. The van der Waals surface area contributed by atoms with E-state index in [1.165, 1.54) is 5.56 Å². The molecule has 0 amide bonds. The Morgan fingerprint density at radius 1 is 1.33 bits per heavy atom. The molecule has 0 aromatic heterocycles. The van der Waals surface area contributed by atoms with Crippen molar-refractivity contribution in [2.24, 2.45) is 0 Å². The monoisotopic (exact) mass is 326 g/mol. The number of anilines is 1. The maximum absolute atomic E-state index is 11.6. The van der Waals surface area contributed by atoms with Gasteiger partial charge in [-0.3, -0.25) is 0 Å². The highest BCUT2D eigenvalue weighted by molar-refractivity contribution is 7.91. The first kappa shape index (κ1) is 16.2. The van der Waals surface area contributed by atoms with Crippen LogP contribution in [0.2, 0.25) is 0 Å². The topological polar surface area (TPSA) is 49.4 Å². The van der Waals surface area contributed by atoms with Crippen LogP contribution in [0.15, 0.2) is 24.3 Å². The van der Waals surface area contributed by atoms with Crippen molar-refractivity contribution in [1.29, 1.82) is 0 Å². The Kier molecular flexibility index (Phi) is 5.22. The van der Waals surface area contributed by atoms with Gasteiger partial charge in [-0.05, 0) is 49.7 Å². The van der Waals surface area contributed by atoms with E-state index in [-0.39, 0.29) is 17.5 Å². The predicted molar refractivity (Wildman–Crippen MR) is 91.5 cm³/mol. The molecule has 0 bridgehead atoms. The molecule has 0 unspecified atom stereocenters. The summed E-state index contributed by atoms with van der Waals surface area (Å²) in [4.78, 5) is 1.98. The van der Waals surface area contributed by atoms with Gasteiger partial charge in [0.1, 0.15) is 0 Å². The lowest BCUT2D eigenvalue weighted by molar-refractivity contribution is 0.355. The molecule has 0 saturated carbocycles. The Morgan fingerprint density at radius 3 is 2.48 bits per heavy atom. The largest absolute Gasteiger partial charge is 0.345 e. The molecule has 1 atom stereocenters. The summed E-state index contributed by atoms with van der Waals surface area (Å²) in [5.74, 6) is 0.472. The lowest BCUT2D eigenvalue weighted by Crippen LogP contribution is -2.43. The Hall–Kier alpha value is -1.14. The van der Waals surface area contributed by atoms with Gasteiger partial charge in [0.2, 0.25) is 0 Å². The van der Waals surface area contributed by atoms with E-state index in [1.807, 2.05) is 24.0 Å². The minimum absolute atomic E-state index is 0.00471. The van der Waals surface area contributed by atoms with Crippen LogP contribution in [-0.4, -0.2) is 42.5 Å². The molecule has 21 heavy (non-hydrogen) atoms. The molecule has 0 spiro atoms. The summed E-state index contributed by atoms with van der Waals surface area (Å²) in [6.45, 7) is 4.82. The van der Waals surface area contributed by atoms with Crippen LogP contribution >= 0.6 is 12.2 Å². The molecule has 1 heterocycles. The molecule has 2 rings (SSSR count). The summed E-state index contributed by atoms with van der Waals surface area (Å²) in [5, 5.41) is 3.81. The van der Waals surface area contributed by atoms with E-state index in [1.54, 1.807) is 0 Å². The van der Waals surface area contributed by atoms with E-state index in [2.05, 4.69) is 24.4 Å². The van der Waals surface area contributed by atoms with Gasteiger partial charge in [0.15, 0.2) is 14.9 Å². The van der Waals surface area contributed by atoms with Gasteiger partial charge in [-0.15, -0.1) is 0 Å². The molecule has 0 radical (unpaired) electrons. The fourth-order valence-electron chi connectivity index (χ4n) is 2.61. The number of hydrogen-bond donors (Lipinski definition) is 1. The standard InChI is InChI=1S/C15H22N2O2S2/c1-3-12-5-7-13(8-6-12)16-15(20)17(4-2)14-9-10-21(18,19)11-14/h5-8,14H,3-4,9-11H2,1-2H3,(H,16,20)/t14-/m1/s1. The van der Waals surface area contributed by atoms with Gasteiger partial charge in [0, 0.05) is 18.3 Å². The van der Waals surface area contributed by atoms with Crippen molar-refractivity contribution < 1.29 is 8.42 Å². The molecule has 116 valence electrons. The second-order valence-electron chi connectivity index (χ2n) is 5.32. The number of aryl methyl sites for hydroxylation is 1. The van der Waals surface area contributed by atoms with Crippen LogP contribution in [0.25, 0.3) is 0 Å². The average Bonchev–Trinajstić information content (AvgIpc) is 2.80. The number of benzene rings is 1. The van der Waals surface area contributed by atoms with Gasteiger partial charge in [-0.2, -0.15) is 0 Å². The zero-order chi connectivity index (χ0) is 15.5. The summed E-state index contributed by atoms with van der Waals surface area (Å²) in [5.41, 5.74) is 2.22. The van der Waals surface area contributed by atoms with E-state index in [4.69, 9.17) is 12.2 Å². The molecule has 0 aliphatic carbocycles. The van der Waals surface area contributed by atoms with Crippen molar-refractivity contribution in [3.63, 3.8) is 0 Å². The third kappa shape index (κ3) is 4.17. The number of nitrogens with zero attached hydrogens (tertiary/aromatic N) is 1. The molecule has 1 aromatic rings.